The van der Waals surface area contributed by atoms with Crippen molar-refractivity contribution in [3.63, 3.8) is 0 Å². The topological polar surface area (TPSA) is 29.9 Å². The fourth-order valence-electron chi connectivity index (χ4n) is 2.61. The maximum atomic E-state index is 4.65. The molecule has 3 nitrogen and oxygen atoms in total. The number of nitrogens with zero attached hydrogens (tertiary/aromatic N) is 2. The molecule has 84 valence electrons. The van der Waals surface area contributed by atoms with Crippen LogP contribution >= 0.6 is 0 Å². The molecule has 2 rings (SSSR count). The van der Waals surface area contributed by atoms with Crippen LogP contribution in [0.5, 0.6) is 0 Å². The predicted molar refractivity (Wildman–Crippen MR) is 62.1 cm³/mol. The van der Waals surface area contributed by atoms with Crippen molar-refractivity contribution in [1.82, 2.24) is 14.9 Å². The first-order valence-electron chi connectivity index (χ1n) is 5.95. The summed E-state index contributed by atoms with van der Waals surface area (Å²) in [6.07, 6.45) is 3.54. The van der Waals surface area contributed by atoms with Crippen molar-refractivity contribution in [3.8, 4) is 0 Å². The molecule has 0 amide bonds. The predicted octanol–water partition coefficient (Wildman–Crippen LogP) is 1.54. The van der Waals surface area contributed by atoms with E-state index in [0.717, 1.165) is 25.4 Å². The van der Waals surface area contributed by atoms with Crippen LogP contribution in [0.2, 0.25) is 0 Å². The third-order valence-corrected chi connectivity index (χ3v) is 3.40. The fraction of sp³-hybridized carbons (Fsp3) is 0.750. The fourth-order valence-corrected chi connectivity index (χ4v) is 2.61. The SMILES string of the molecule is CCc1nc(C)c2n1CCC(CNC)C2. The lowest BCUT2D eigenvalue weighted by Crippen LogP contribution is -2.28. The van der Waals surface area contributed by atoms with E-state index in [1.807, 2.05) is 7.05 Å². The number of rotatable bonds is 3. The molecule has 1 N–H and O–H groups in total. The highest BCUT2D eigenvalue weighted by Gasteiger charge is 2.22. The van der Waals surface area contributed by atoms with E-state index in [1.165, 1.54) is 30.1 Å². The van der Waals surface area contributed by atoms with Gasteiger partial charge in [-0.2, -0.15) is 0 Å². The number of hydrogen-bond acceptors (Lipinski definition) is 2. The molecular formula is C12H21N3. The summed E-state index contributed by atoms with van der Waals surface area (Å²) in [6.45, 7) is 6.62. The molecule has 0 fully saturated rings. The Labute approximate surface area is 91.9 Å². The van der Waals surface area contributed by atoms with Crippen LogP contribution in [0.1, 0.15) is 30.6 Å². The van der Waals surface area contributed by atoms with Crippen molar-refractivity contribution in [2.45, 2.75) is 39.7 Å². The Morgan fingerprint density at radius 2 is 2.33 bits per heavy atom. The maximum Gasteiger partial charge on any atom is 0.108 e. The van der Waals surface area contributed by atoms with Gasteiger partial charge in [0.2, 0.25) is 0 Å². The third kappa shape index (κ3) is 1.93. The molecule has 1 aliphatic heterocycles. The van der Waals surface area contributed by atoms with Crippen LogP contribution in [-0.2, 0) is 19.4 Å². The van der Waals surface area contributed by atoms with E-state index in [2.05, 4.69) is 28.7 Å². The zero-order valence-electron chi connectivity index (χ0n) is 10.0. The third-order valence-electron chi connectivity index (χ3n) is 3.40. The highest BCUT2D eigenvalue weighted by Crippen LogP contribution is 2.24. The minimum absolute atomic E-state index is 0.794. The van der Waals surface area contributed by atoms with Gasteiger partial charge in [-0.3, -0.25) is 0 Å². The Balaban J connectivity index is 2.22. The summed E-state index contributed by atoms with van der Waals surface area (Å²) in [4.78, 5) is 4.65. The lowest BCUT2D eigenvalue weighted by atomic mass is 9.95. The Morgan fingerprint density at radius 3 is 3.00 bits per heavy atom. The number of hydrogen-bond donors (Lipinski definition) is 1. The van der Waals surface area contributed by atoms with Crippen molar-refractivity contribution < 1.29 is 0 Å². The summed E-state index contributed by atoms with van der Waals surface area (Å²) in [6, 6.07) is 0. The lowest BCUT2D eigenvalue weighted by Gasteiger charge is -2.25. The molecule has 1 aromatic rings. The molecule has 3 heteroatoms. The minimum Gasteiger partial charge on any atom is -0.332 e. The van der Waals surface area contributed by atoms with Crippen LogP contribution < -0.4 is 5.32 Å². The first-order valence-corrected chi connectivity index (χ1v) is 5.95. The summed E-state index contributed by atoms with van der Waals surface area (Å²) in [5.41, 5.74) is 2.71. The van der Waals surface area contributed by atoms with Gasteiger partial charge in [0.25, 0.3) is 0 Å². The quantitative estimate of drug-likeness (QED) is 0.814. The number of nitrogens with one attached hydrogen (secondary N) is 1. The molecule has 0 bridgehead atoms. The Morgan fingerprint density at radius 1 is 1.53 bits per heavy atom. The van der Waals surface area contributed by atoms with Crippen LogP contribution in [0.15, 0.2) is 0 Å². The second-order valence-electron chi connectivity index (χ2n) is 4.48. The van der Waals surface area contributed by atoms with Gasteiger partial charge in [0, 0.05) is 18.7 Å². The molecule has 0 aromatic carbocycles. The van der Waals surface area contributed by atoms with E-state index in [1.54, 1.807) is 0 Å². The van der Waals surface area contributed by atoms with Crippen LogP contribution in [-0.4, -0.2) is 23.1 Å². The van der Waals surface area contributed by atoms with E-state index >= 15 is 0 Å². The van der Waals surface area contributed by atoms with Gasteiger partial charge in [-0.05, 0) is 39.3 Å². The van der Waals surface area contributed by atoms with Crippen molar-refractivity contribution >= 4 is 0 Å². The lowest BCUT2D eigenvalue weighted by molar-refractivity contribution is 0.372. The van der Waals surface area contributed by atoms with Crippen LogP contribution in [0.25, 0.3) is 0 Å². The second kappa shape index (κ2) is 4.35. The minimum atomic E-state index is 0.794. The van der Waals surface area contributed by atoms with Gasteiger partial charge in [0.05, 0.1) is 5.69 Å². The molecule has 15 heavy (non-hydrogen) atoms. The van der Waals surface area contributed by atoms with E-state index in [-0.39, 0.29) is 0 Å². The summed E-state index contributed by atoms with van der Waals surface area (Å²) >= 11 is 0. The molecule has 0 spiro atoms. The average molecular weight is 207 g/mol. The van der Waals surface area contributed by atoms with Gasteiger partial charge in [-0.25, -0.2) is 4.98 Å². The van der Waals surface area contributed by atoms with Crippen molar-refractivity contribution in [2.75, 3.05) is 13.6 Å². The molecule has 1 aliphatic rings. The molecule has 0 radical (unpaired) electrons. The molecule has 1 unspecified atom stereocenters. The molecule has 0 aliphatic carbocycles. The van der Waals surface area contributed by atoms with Gasteiger partial charge >= 0.3 is 0 Å². The first kappa shape index (κ1) is 10.7. The Kier molecular flexibility index (Phi) is 3.10. The van der Waals surface area contributed by atoms with Gasteiger partial charge in [-0.1, -0.05) is 6.92 Å². The Hall–Kier alpha value is -0.830. The highest BCUT2D eigenvalue weighted by molar-refractivity contribution is 5.18. The van der Waals surface area contributed by atoms with Gasteiger partial charge in [-0.15, -0.1) is 0 Å². The molecule has 2 heterocycles. The van der Waals surface area contributed by atoms with Gasteiger partial charge in [0.1, 0.15) is 5.82 Å². The molecular weight excluding hydrogens is 186 g/mol. The number of aromatic nitrogens is 2. The zero-order chi connectivity index (χ0) is 10.8. The van der Waals surface area contributed by atoms with Gasteiger partial charge < -0.3 is 9.88 Å². The number of imidazole rings is 1. The summed E-state index contributed by atoms with van der Waals surface area (Å²) in [7, 11) is 2.04. The van der Waals surface area contributed by atoms with Crippen LogP contribution in [0, 0.1) is 12.8 Å². The summed E-state index contributed by atoms with van der Waals surface area (Å²) in [5, 5.41) is 3.28. The summed E-state index contributed by atoms with van der Waals surface area (Å²) in [5.74, 6) is 2.06. The largest absolute Gasteiger partial charge is 0.332 e. The van der Waals surface area contributed by atoms with Crippen LogP contribution in [0.4, 0.5) is 0 Å². The summed E-state index contributed by atoms with van der Waals surface area (Å²) < 4.78 is 2.43. The van der Waals surface area contributed by atoms with E-state index < -0.39 is 0 Å². The molecule has 0 saturated carbocycles. The van der Waals surface area contributed by atoms with Crippen molar-refractivity contribution in [3.05, 3.63) is 17.2 Å². The average Bonchev–Trinajstić information content (AvgIpc) is 2.56. The first-order chi connectivity index (χ1) is 7.26. The second-order valence-corrected chi connectivity index (χ2v) is 4.48. The number of aryl methyl sites for hydroxylation is 2. The monoisotopic (exact) mass is 207 g/mol. The van der Waals surface area contributed by atoms with E-state index in [0.29, 0.717) is 0 Å². The molecule has 1 aromatic heterocycles. The number of fused-ring (bicyclic) bond motifs is 1. The van der Waals surface area contributed by atoms with Crippen LogP contribution in [0.3, 0.4) is 0 Å². The highest BCUT2D eigenvalue weighted by atomic mass is 15.1. The van der Waals surface area contributed by atoms with Crippen molar-refractivity contribution in [1.29, 1.82) is 0 Å². The normalized spacial score (nSPS) is 20.3. The van der Waals surface area contributed by atoms with Crippen molar-refractivity contribution in [2.24, 2.45) is 5.92 Å². The smallest absolute Gasteiger partial charge is 0.108 e. The molecule has 0 saturated heterocycles. The zero-order valence-corrected chi connectivity index (χ0v) is 10.0. The molecule has 1 atom stereocenters. The van der Waals surface area contributed by atoms with E-state index in [9.17, 15) is 0 Å². The van der Waals surface area contributed by atoms with E-state index in [4.69, 9.17) is 0 Å². The standard InChI is InChI=1S/C12H21N3/c1-4-12-14-9(2)11-7-10(8-13-3)5-6-15(11)12/h10,13H,4-8H2,1-3H3. The maximum absolute atomic E-state index is 4.65. The van der Waals surface area contributed by atoms with Gasteiger partial charge in [0.15, 0.2) is 0 Å². The Bertz CT molecular complexity index is 341.